The monoisotopic (exact) mass is 379 g/mol. The maximum atomic E-state index is 12.6. The van der Waals surface area contributed by atoms with E-state index in [0.29, 0.717) is 30.3 Å². The van der Waals surface area contributed by atoms with Crippen molar-refractivity contribution < 1.29 is 14.4 Å². The Balaban J connectivity index is 1.56. The third kappa shape index (κ3) is 4.97. The van der Waals surface area contributed by atoms with Crippen LogP contribution in [0.5, 0.6) is 0 Å². The van der Waals surface area contributed by atoms with Crippen LogP contribution in [0.4, 0.5) is 17.1 Å². The lowest BCUT2D eigenvalue weighted by molar-refractivity contribution is -0.122. The number of hydrogen-bond acceptors (Lipinski definition) is 3. The summed E-state index contributed by atoms with van der Waals surface area (Å²) in [5, 5.41) is 5.69. The Morgan fingerprint density at radius 2 is 1.61 bits per heavy atom. The standard InChI is InChI=1S/C22H25N3O3/c1-15(2)12-20(26)23-17-8-10-18(11-9-17)24-22(28)16-13-21(27)25(14-16)19-6-4-3-5-7-19/h3-11,15-16H,12-14H2,1-2H3,(H,23,26)(H,24,28). The Morgan fingerprint density at radius 3 is 2.21 bits per heavy atom. The summed E-state index contributed by atoms with van der Waals surface area (Å²) in [6.45, 7) is 4.35. The first-order valence-electron chi connectivity index (χ1n) is 9.48. The Bertz CT molecular complexity index is 847. The summed E-state index contributed by atoms with van der Waals surface area (Å²) in [7, 11) is 0. The Kier molecular flexibility index (Phi) is 6.09. The zero-order chi connectivity index (χ0) is 20.1. The maximum Gasteiger partial charge on any atom is 0.229 e. The van der Waals surface area contributed by atoms with Gasteiger partial charge in [-0.15, -0.1) is 0 Å². The molecule has 146 valence electrons. The van der Waals surface area contributed by atoms with Gasteiger partial charge in [-0.05, 0) is 42.3 Å². The van der Waals surface area contributed by atoms with Gasteiger partial charge in [0.25, 0.3) is 0 Å². The molecule has 0 radical (unpaired) electrons. The average molecular weight is 379 g/mol. The molecular formula is C22H25N3O3. The van der Waals surface area contributed by atoms with Crippen LogP contribution in [-0.4, -0.2) is 24.3 Å². The summed E-state index contributed by atoms with van der Waals surface area (Å²) < 4.78 is 0. The largest absolute Gasteiger partial charge is 0.326 e. The number of hydrogen-bond donors (Lipinski definition) is 2. The topological polar surface area (TPSA) is 78.5 Å². The molecule has 1 aliphatic heterocycles. The SMILES string of the molecule is CC(C)CC(=O)Nc1ccc(NC(=O)C2CC(=O)N(c3ccccc3)C2)cc1. The third-order valence-corrected chi connectivity index (χ3v) is 4.59. The van der Waals surface area contributed by atoms with Crippen molar-refractivity contribution in [3.05, 3.63) is 54.6 Å². The minimum absolute atomic E-state index is 0.0303. The third-order valence-electron chi connectivity index (χ3n) is 4.59. The van der Waals surface area contributed by atoms with Gasteiger partial charge in [0.15, 0.2) is 0 Å². The molecule has 1 heterocycles. The predicted octanol–water partition coefficient (Wildman–Crippen LogP) is 3.66. The number of rotatable bonds is 6. The molecule has 0 spiro atoms. The van der Waals surface area contributed by atoms with Crippen LogP contribution < -0.4 is 15.5 Å². The molecule has 6 heteroatoms. The Morgan fingerprint density at radius 1 is 1.00 bits per heavy atom. The number of nitrogens with one attached hydrogen (secondary N) is 2. The van der Waals surface area contributed by atoms with Gasteiger partial charge < -0.3 is 15.5 Å². The van der Waals surface area contributed by atoms with Crippen molar-refractivity contribution in [3.8, 4) is 0 Å². The van der Waals surface area contributed by atoms with E-state index in [1.165, 1.54) is 0 Å². The second-order valence-corrected chi connectivity index (χ2v) is 7.45. The molecule has 0 saturated carbocycles. The van der Waals surface area contributed by atoms with Crippen molar-refractivity contribution in [1.82, 2.24) is 0 Å². The summed E-state index contributed by atoms with van der Waals surface area (Å²) in [6.07, 6.45) is 0.663. The van der Waals surface area contributed by atoms with E-state index < -0.39 is 5.92 Å². The number of carbonyl (C=O) groups is 3. The van der Waals surface area contributed by atoms with Gasteiger partial charge in [-0.3, -0.25) is 14.4 Å². The summed E-state index contributed by atoms with van der Waals surface area (Å²) in [5.41, 5.74) is 2.14. The van der Waals surface area contributed by atoms with Crippen LogP contribution in [-0.2, 0) is 14.4 Å². The first-order valence-corrected chi connectivity index (χ1v) is 9.48. The second kappa shape index (κ2) is 8.69. The zero-order valence-electron chi connectivity index (χ0n) is 16.1. The first-order chi connectivity index (χ1) is 13.4. The van der Waals surface area contributed by atoms with Crippen LogP contribution in [0.25, 0.3) is 0 Å². The van der Waals surface area contributed by atoms with Crippen LogP contribution in [0, 0.1) is 11.8 Å². The summed E-state index contributed by atoms with van der Waals surface area (Å²) in [5.74, 6) is -0.351. The zero-order valence-corrected chi connectivity index (χ0v) is 16.1. The highest BCUT2D eigenvalue weighted by Gasteiger charge is 2.35. The minimum atomic E-state index is -0.391. The van der Waals surface area contributed by atoms with Gasteiger partial charge in [0, 0.05) is 36.4 Å². The van der Waals surface area contributed by atoms with E-state index in [1.807, 2.05) is 44.2 Å². The van der Waals surface area contributed by atoms with Gasteiger partial charge in [0.05, 0.1) is 5.92 Å². The number of para-hydroxylation sites is 1. The van der Waals surface area contributed by atoms with Gasteiger partial charge >= 0.3 is 0 Å². The highest BCUT2D eigenvalue weighted by molar-refractivity contribution is 6.03. The van der Waals surface area contributed by atoms with Crippen molar-refractivity contribution in [1.29, 1.82) is 0 Å². The second-order valence-electron chi connectivity index (χ2n) is 7.45. The molecule has 0 aromatic heterocycles. The molecule has 1 saturated heterocycles. The number of carbonyl (C=O) groups excluding carboxylic acids is 3. The van der Waals surface area contributed by atoms with Crippen LogP contribution in [0.3, 0.4) is 0 Å². The Hall–Kier alpha value is -3.15. The average Bonchev–Trinajstić information content (AvgIpc) is 3.05. The van der Waals surface area contributed by atoms with E-state index in [-0.39, 0.29) is 24.1 Å². The fraction of sp³-hybridized carbons (Fsp3) is 0.318. The molecule has 1 unspecified atom stereocenters. The molecule has 6 nitrogen and oxygen atoms in total. The molecule has 1 fully saturated rings. The molecule has 0 aliphatic carbocycles. The molecule has 3 amide bonds. The van der Waals surface area contributed by atoms with E-state index in [0.717, 1.165) is 5.69 Å². The normalized spacial score (nSPS) is 16.3. The highest BCUT2D eigenvalue weighted by Crippen LogP contribution is 2.26. The predicted molar refractivity (Wildman–Crippen MR) is 110 cm³/mol. The van der Waals surface area contributed by atoms with E-state index in [4.69, 9.17) is 0 Å². The van der Waals surface area contributed by atoms with Crippen molar-refractivity contribution in [2.75, 3.05) is 22.1 Å². The molecule has 1 aliphatic rings. The van der Waals surface area contributed by atoms with E-state index >= 15 is 0 Å². The number of amides is 3. The maximum absolute atomic E-state index is 12.6. The smallest absolute Gasteiger partial charge is 0.229 e. The van der Waals surface area contributed by atoms with Gasteiger partial charge in [-0.1, -0.05) is 32.0 Å². The minimum Gasteiger partial charge on any atom is -0.326 e. The van der Waals surface area contributed by atoms with E-state index in [2.05, 4.69) is 10.6 Å². The molecular weight excluding hydrogens is 354 g/mol. The van der Waals surface area contributed by atoms with Crippen molar-refractivity contribution in [3.63, 3.8) is 0 Å². The molecule has 1 atom stereocenters. The van der Waals surface area contributed by atoms with Crippen LogP contribution in [0.15, 0.2) is 54.6 Å². The lowest BCUT2D eigenvalue weighted by atomic mass is 10.1. The summed E-state index contributed by atoms with van der Waals surface area (Å²) in [6, 6.07) is 16.4. The van der Waals surface area contributed by atoms with Crippen LogP contribution in [0.2, 0.25) is 0 Å². The molecule has 2 aromatic rings. The van der Waals surface area contributed by atoms with Gasteiger partial charge in [0.1, 0.15) is 0 Å². The van der Waals surface area contributed by atoms with E-state index in [9.17, 15) is 14.4 Å². The highest BCUT2D eigenvalue weighted by atomic mass is 16.2. The molecule has 2 aromatic carbocycles. The van der Waals surface area contributed by atoms with Crippen molar-refractivity contribution in [2.45, 2.75) is 26.7 Å². The van der Waals surface area contributed by atoms with Gasteiger partial charge in [0.2, 0.25) is 17.7 Å². The molecule has 28 heavy (non-hydrogen) atoms. The van der Waals surface area contributed by atoms with Gasteiger partial charge in [-0.25, -0.2) is 0 Å². The molecule has 2 N–H and O–H groups in total. The van der Waals surface area contributed by atoms with Crippen molar-refractivity contribution in [2.24, 2.45) is 11.8 Å². The van der Waals surface area contributed by atoms with Crippen LogP contribution in [0.1, 0.15) is 26.7 Å². The molecule has 0 bridgehead atoms. The van der Waals surface area contributed by atoms with Crippen LogP contribution >= 0.6 is 0 Å². The summed E-state index contributed by atoms with van der Waals surface area (Å²) >= 11 is 0. The first kappa shape index (κ1) is 19.6. The Labute approximate surface area is 164 Å². The van der Waals surface area contributed by atoms with E-state index in [1.54, 1.807) is 29.2 Å². The van der Waals surface area contributed by atoms with Crippen molar-refractivity contribution >= 4 is 34.8 Å². The molecule has 3 rings (SSSR count). The fourth-order valence-electron chi connectivity index (χ4n) is 3.20. The quantitative estimate of drug-likeness (QED) is 0.804. The number of benzene rings is 2. The fourth-order valence-corrected chi connectivity index (χ4v) is 3.20. The lowest BCUT2D eigenvalue weighted by Crippen LogP contribution is -2.28. The number of nitrogens with zero attached hydrogens (tertiary/aromatic N) is 1. The number of anilines is 3. The van der Waals surface area contributed by atoms with Gasteiger partial charge in [-0.2, -0.15) is 0 Å². The summed E-state index contributed by atoms with van der Waals surface area (Å²) in [4.78, 5) is 38.3. The lowest BCUT2D eigenvalue weighted by Gasteiger charge is -2.16.